The summed E-state index contributed by atoms with van der Waals surface area (Å²) < 4.78 is 10.8. The highest BCUT2D eigenvalue weighted by molar-refractivity contribution is 5.97. The second-order valence-corrected chi connectivity index (χ2v) is 4.07. The Bertz CT molecular complexity index is 567. The second-order valence-electron chi connectivity index (χ2n) is 4.07. The van der Waals surface area contributed by atoms with Crippen LogP contribution in [0, 0.1) is 0 Å². The molecule has 0 aliphatic rings. The standard InChI is InChI=1S/C15H15NO3/c1-11(17)14-8-13(5-6-15(14)18-2)19-10-12-4-3-7-16-9-12/h3-9H,10H2,1-2H3. The summed E-state index contributed by atoms with van der Waals surface area (Å²) in [5.74, 6) is 1.14. The largest absolute Gasteiger partial charge is 0.496 e. The van der Waals surface area contributed by atoms with Crippen molar-refractivity contribution in [2.24, 2.45) is 0 Å². The molecule has 98 valence electrons. The van der Waals surface area contributed by atoms with E-state index >= 15 is 0 Å². The zero-order valence-electron chi connectivity index (χ0n) is 10.9. The van der Waals surface area contributed by atoms with Crippen molar-refractivity contribution in [1.82, 2.24) is 4.98 Å². The smallest absolute Gasteiger partial charge is 0.163 e. The molecule has 0 bridgehead atoms. The van der Waals surface area contributed by atoms with Crippen molar-refractivity contribution in [2.75, 3.05) is 7.11 Å². The summed E-state index contributed by atoms with van der Waals surface area (Å²) in [4.78, 5) is 15.5. The van der Waals surface area contributed by atoms with E-state index in [-0.39, 0.29) is 5.78 Å². The van der Waals surface area contributed by atoms with Crippen LogP contribution in [0.3, 0.4) is 0 Å². The van der Waals surface area contributed by atoms with Crippen molar-refractivity contribution in [3.63, 3.8) is 0 Å². The Morgan fingerprint density at radius 1 is 1.32 bits per heavy atom. The number of ether oxygens (including phenoxy) is 2. The Morgan fingerprint density at radius 2 is 2.16 bits per heavy atom. The van der Waals surface area contributed by atoms with Gasteiger partial charge in [0.1, 0.15) is 18.1 Å². The summed E-state index contributed by atoms with van der Waals surface area (Å²) in [6.45, 7) is 1.92. The van der Waals surface area contributed by atoms with Gasteiger partial charge in [0, 0.05) is 18.0 Å². The third-order valence-corrected chi connectivity index (χ3v) is 2.68. The lowest BCUT2D eigenvalue weighted by Gasteiger charge is -2.10. The van der Waals surface area contributed by atoms with E-state index in [1.54, 1.807) is 30.6 Å². The molecule has 0 radical (unpaired) electrons. The Labute approximate surface area is 112 Å². The van der Waals surface area contributed by atoms with Gasteiger partial charge in [-0.25, -0.2) is 0 Å². The summed E-state index contributed by atoms with van der Waals surface area (Å²) in [5, 5.41) is 0. The number of benzene rings is 1. The highest BCUT2D eigenvalue weighted by Gasteiger charge is 2.09. The molecular weight excluding hydrogens is 242 g/mol. The first-order valence-corrected chi connectivity index (χ1v) is 5.91. The van der Waals surface area contributed by atoms with E-state index in [1.807, 2.05) is 12.1 Å². The van der Waals surface area contributed by atoms with Crippen LogP contribution in [0.5, 0.6) is 11.5 Å². The van der Waals surface area contributed by atoms with Gasteiger partial charge >= 0.3 is 0 Å². The Balaban J connectivity index is 2.13. The van der Waals surface area contributed by atoms with Gasteiger partial charge in [-0.05, 0) is 31.2 Å². The average Bonchev–Trinajstić information content (AvgIpc) is 2.46. The van der Waals surface area contributed by atoms with Gasteiger partial charge in [-0.3, -0.25) is 9.78 Å². The zero-order valence-corrected chi connectivity index (χ0v) is 10.9. The van der Waals surface area contributed by atoms with Crippen LogP contribution in [0.1, 0.15) is 22.8 Å². The highest BCUT2D eigenvalue weighted by atomic mass is 16.5. The Hall–Kier alpha value is -2.36. The van der Waals surface area contributed by atoms with Crippen molar-refractivity contribution in [1.29, 1.82) is 0 Å². The molecule has 0 spiro atoms. The summed E-state index contributed by atoms with van der Waals surface area (Å²) in [6.07, 6.45) is 3.46. The molecule has 1 heterocycles. The van der Waals surface area contributed by atoms with Gasteiger partial charge in [-0.15, -0.1) is 0 Å². The molecule has 2 aromatic rings. The number of rotatable bonds is 5. The molecule has 2 rings (SSSR count). The number of pyridine rings is 1. The minimum absolute atomic E-state index is 0.0522. The quantitative estimate of drug-likeness (QED) is 0.773. The molecule has 0 fully saturated rings. The van der Waals surface area contributed by atoms with E-state index in [1.165, 1.54) is 14.0 Å². The van der Waals surface area contributed by atoms with Gasteiger partial charge < -0.3 is 9.47 Å². The van der Waals surface area contributed by atoms with Crippen LogP contribution < -0.4 is 9.47 Å². The zero-order chi connectivity index (χ0) is 13.7. The molecule has 4 nitrogen and oxygen atoms in total. The lowest BCUT2D eigenvalue weighted by molar-refractivity contribution is 0.101. The normalized spacial score (nSPS) is 10.0. The maximum absolute atomic E-state index is 11.5. The summed E-state index contributed by atoms with van der Waals surface area (Å²) in [5.41, 5.74) is 1.49. The van der Waals surface area contributed by atoms with Gasteiger partial charge in [-0.1, -0.05) is 6.07 Å². The van der Waals surface area contributed by atoms with Gasteiger partial charge in [0.15, 0.2) is 5.78 Å². The van der Waals surface area contributed by atoms with E-state index < -0.39 is 0 Å². The number of aromatic nitrogens is 1. The molecule has 0 amide bonds. The fraction of sp³-hybridized carbons (Fsp3) is 0.200. The Morgan fingerprint density at radius 3 is 2.79 bits per heavy atom. The number of ketones is 1. The van der Waals surface area contributed by atoms with Crippen LogP contribution in [0.2, 0.25) is 0 Å². The number of methoxy groups -OCH3 is 1. The van der Waals surface area contributed by atoms with E-state index in [9.17, 15) is 4.79 Å². The molecular formula is C15H15NO3. The molecule has 0 saturated heterocycles. The number of hydrogen-bond acceptors (Lipinski definition) is 4. The maximum Gasteiger partial charge on any atom is 0.163 e. The van der Waals surface area contributed by atoms with Crippen molar-refractivity contribution in [2.45, 2.75) is 13.5 Å². The van der Waals surface area contributed by atoms with Crippen molar-refractivity contribution < 1.29 is 14.3 Å². The molecule has 0 unspecified atom stereocenters. The molecule has 0 aliphatic carbocycles. The van der Waals surface area contributed by atoms with Crippen LogP contribution in [0.25, 0.3) is 0 Å². The Kier molecular flexibility index (Phi) is 4.13. The summed E-state index contributed by atoms with van der Waals surface area (Å²) in [6, 6.07) is 8.99. The third-order valence-electron chi connectivity index (χ3n) is 2.68. The van der Waals surface area contributed by atoms with Crippen LogP contribution in [-0.4, -0.2) is 17.9 Å². The van der Waals surface area contributed by atoms with Crippen LogP contribution in [0.15, 0.2) is 42.7 Å². The molecule has 0 N–H and O–H groups in total. The van der Waals surface area contributed by atoms with E-state index in [0.29, 0.717) is 23.7 Å². The molecule has 0 saturated carbocycles. The SMILES string of the molecule is COc1ccc(OCc2cccnc2)cc1C(C)=O. The lowest BCUT2D eigenvalue weighted by atomic mass is 10.1. The minimum Gasteiger partial charge on any atom is -0.496 e. The second kappa shape index (κ2) is 6.00. The molecule has 1 aromatic heterocycles. The average molecular weight is 257 g/mol. The van der Waals surface area contributed by atoms with Crippen LogP contribution in [0.4, 0.5) is 0 Å². The third kappa shape index (κ3) is 3.31. The number of carbonyl (C=O) groups excluding carboxylic acids is 1. The van der Waals surface area contributed by atoms with Gasteiger partial charge in [0.25, 0.3) is 0 Å². The number of nitrogens with zero attached hydrogens (tertiary/aromatic N) is 1. The fourth-order valence-electron chi connectivity index (χ4n) is 1.70. The van der Waals surface area contributed by atoms with Crippen molar-refractivity contribution >= 4 is 5.78 Å². The van der Waals surface area contributed by atoms with Gasteiger partial charge in [-0.2, -0.15) is 0 Å². The fourth-order valence-corrected chi connectivity index (χ4v) is 1.70. The number of carbonyl (C=O) groups is 1. The summed E-state index contributed by atoms with van der Waals surface area (Å²) in [7, 11) is 1.54. The molecule has 1 aromatic carbocycles. The monoisotopic (exact) mass is 257 g/mol. The van der Waals surface area contributed by atoms with Crippen molar-refractivity contribution in [3.05, 3.63) is 53.9 Å². The first-order chi connectivity index (χ1) is 9.20. The number of hydrogen-bond donors (Lipinski definition) is 0. The first kappa shape index (κ1) is 13.1. The maximum atomic E-state index is 11.5. The van der Waals surface area contributed by atoms with E-state index in [0.717, 1.165) is 5.56 Å². The minimum atomic E-state index is -0.0522. The van der Waals surface area contributed by atoms with Gasteiger partial charge in [0.05, 0.1) is 12.7 Å². The number of Topliss-reactive ketones (excluding diaryl/α,β-unsaturated/α-hetero) is 1. The lowest BCUT2D eigenvalue weighted by Crippen LogP contribution is -2.00. The van der Waals surface area contributed by atoms with E-state index in [2.05, 4.69) is 4.98 Å². The first-order valence-electron chi connectivity index (χ1n) is 5.91. The molecule has 0 atom stereocenters. The summed E-state index contributed by atoms with van der Waals surface area (Å²) >= 11 is 0. The van der Waals surface area contributed by atoms with Gasteiger partial charge in [0.2, 0.25) is 0 Å². The molecule has 4 heteroatoms. The topological polar surface area (TPSA) is 48.4 Å². The predicted molar refractivity (Wildman–Crippen MR) is 71.6 cm³/mol. The van der Waals surface area contributed by atoms with Crippen LogP contribution >= 0.6 is 0 Å². The van der Waals surface area contributed by atoms with Crippen molar-refractivity contribution in [3.8, 4) is 11.5 Å². The van der Waals surface area contributed by atoms with E-state index in [4.69, 9.17) is 9.47 Å². The molecule has 0 aliphatic heterocycles. The highest BCUT2D eigenvalue weighted by Crippen LogP contribution is 2.25. The van der Waals surface area contributed by atoms with Crippen LogP contribution in [-0.2, 0) is 6.61 Å². The predicted octanol–water partition coefficient (Wildman–Crippen LogP) is 2.87. The molecule has 19 heavy (non-hydrogen) atoms.